The van der Waals surface area contributed by atoms with Gasteiger partial charge in [0.2, 0.25) is 0 Å². The Morgan fingerprint density at radius 3 is 2.47 bits per heavy atom. The molecule has 0 aliphatic carbocycles. The summed E-state index contributed by atoms with van der Waals surface area (Å²) in [5, 5.41) is 0.0353. The highest BCUT2D eigenvalue weighted by molar-refractivity contribution is 6.31. The van der Waals surface area contributed by atoms with Crippen LogP contribution in [-0.4, -0.2) is 6.18 Å². The first-order valence-electron chi connectivity index (χ1n) is 4.07. The summed E-state index contributed by atoms with van der Waals surface area (Å²) < 4.78 is 48.8. The molecule has 0 saturated carbocycles. The van der Waals surface area contributed by atoms with Crippen LogP contribution >= 0.6 is 11.6 Å². The SMILES string of the molecule is N[C@@H](CC(F)(F)F)c1cc(F)ccc1Cl. The molecule has 1 nitrogen and oxygen atoms in total. The smallest absolute Gasteiger partial charge is 0.324 e. The third kappa shape index (κ3) is 3.68. The van der Waals surface area contributed by atoms with Gasteiger partial charge in [-0.05, 0) is 23.8 Å². The average Bonchev–Trinajstić information content (AvgIpc) is 2.06. The summed E-state index contributed by atoms with van der Waals surface area (Å²) >= 11 is 5.61. The molecule has 1 atom stereocenters. The Morgan fingerprint density at radius 1 is 1.33 bits per heavy atom. The summed E-state index contributed by atoms with van der Waals surface area (Å²) in [5.41, 5.74) is 5.25. The van der Waals surface area contributed by atoms with E-state index < -0.39 is 24.5 Å². The van der Waals surface area contributed by atoms with E-state index in [0.717, 1.165) is 12.1 Å². The summed E-state index contributed by atoms with van der Waals surface area (Å²) in [4.78, 5) is 0. The first kappa shape index (κ1) is 12.3. The molecule has 0 heterocycles. The van der Waals surface area contributed by atoms with Crippen LogP contribution < -0.4 is 5.73 Å². The second-order valence-electron chi connectivity index (χ2n) is 3.09. The van der Waals surface area contributed by atoms with Crippen molar-refractivity contribution < 1.29 is 17.6 Å². The first-order valence-corrected chi connectivity index (χ1v) is 4.44. The highest BCUT2D eigenvalue weighted by Crippen LogP contribution is 2.31. The minimum absolute atomic E-state index is 0.0333. The maximum Gasteiger partial charge on any atom is 0.390 e. The number of hydrogen-bond acceptors (Lipinski definition) is 1. The molecule has 2 N–H and O–H groups in total. The van der Waals surface area contributed by atoms with Gasteiger partial charge in [0.15, 0.2) is 0 Å². The molecule has 15 heavy (non-hydrogen) atoms. The van der Waals surface area contributed by atoms with Gasteiger partial charge >= 0.3 is 6.18 Å². The van der Waals surface area contributed by atoms with Crippen molar-refractivity contribution >= 4 is 11.6 Å². The fourth-order valence-electron chi connectivity index (χ4n) is 1.16. The van der Waals surface area contributed by atoms with Gasteiger partial charge in [0.25, 0.3) is 0 Å². The Kier molecular flexibility index (Phi) is 3.57. The van der Waals surface area contributed by atoms with Crippen molar-refractivity contribution in [2.75, 3.05) is 0 Å². The molecule has 1 aromatic rings. The minimum atomic E-state index is -4.39. The van der Waals surface area contributed by atoms with E-state index in [0.29, 0.717) is 0 Å². The van der Waals surface area contributed by atoms with Crippen LogP contribution in [0.3, 0.4) is 0 Å². The predicted molar refractivity (Wildman–Crippen MR) is 49.0 cm³/mol. The monoisotopic (exact) mass is 241 g/mol. The zero-order valence-electron chi connectivity index (χ0n) is 7.48. The van der Waals surface area contributed by atoms with Crippen LogP contribution in [0.5, 0.6) is 0 Å². The molecular formula is C9H8ClF4N. The van der Waals surface area contributed by atoms with Gasteiger partial charge in [-0.1, -0.05) is 11.6 Å². The van der Waals surface area contributed by atoms with Crippen LogP contribution in [0.1, 0.15) is 18.0 Å². The molecule has 0 unspecified atom stereocenters. The van der Waals surface area contributed by atoms with Crippen LogP contribution in [-0.2, 0) is 0 Å². The van der Waals surface area contributed by atoms with Gasteiger partial charge < -0.3 is 5.73 Å². The molecule has 1 rings (SSSR count). The second kappa shape index (κ2) is 4.37. The molecule has 0 fully saturated rings. The number of benzene rings is 1. The fourth-order valence-corrected chi connectivity index (χ4v) is 1.42. The third-order valence-corrected chi connectivity index (χ3v) is 2.15. The Hall–Kier alpha value is -0.810. The molecule has 0 bridgehead atoms. The summed E-state index contributed by atoms with van der Waals surface area (Å²) in [6.45, 7) is 0. The standard InChI is InChI=1S/C9H8ClF4N/c10-7-2-1-5(11)3-6(7)8(15)4-9(12,13)14/h1-3,8H,4,15H2/t8-/m0/s1. The lowest BCUT2D eigenvalue weighted by atomic mass is 10.0. The molecule has 0 radical (unpaired) electrons. The van der Waals surface area contributed by atoms with E-state index in [1.165, 1.54) is 6.07 Å². The van der Waals surface area contributed by atoms with Crippen molar-refractivity contribution in [2.45, 2.75) is 18.6 Å². The van der Waals surface area contributed by atoms with E-state index in [4.69, 9.17) is 17.3 Å². The van der Waals surface area contributed by atoms with E-state index in [-0.39, 0.29) is 10.6 Å². The zero-order valence-corrected chi connectivity index (χ0v) is 8.24. The maximum absolute atomic E-state index is 12.7. The molecule has 6 heteroatoms. The van der Waals surface area contributed by atoms with E-state index in [2.05, 4.69) is 0 Å². The van der Waals surface area contributed by atoms with Gasteiger partial charge in [-0.3, -0.25) is 0 Å². The molecule has 1 aromatic carbocycles. The van der Waals surface area contributed by atoms with Crippen LogP contribution in [0.25, 0.3) is 0 Å². The zero-order chi connectivity index (χ0) is 11.6. The fraction of sp³-hybridized carbons (Fsp3) is 0.333. The highest BCUT2D eigenvalue weighted by Gasteiger charge is 2.31. The lowest BCUT2D eigenvalue weighted by Crippen LogP contribution is -2.20. The van der Waals surface area contributed by atoms with Gasteiger partial charge in [-0.2, -0.15) is 13.2 Å². The van der Waals surface area contributed by atoms with Crippen LogP contribution in [0.15, 0.2) is 18.2 Å². The van der Waals surface area contributed by atoms with Crippen LogP contribution in [0.4, 0.5) is 17.6 Å². The second-order valence-corrected chi connectivity index (χ2v) is 3.50. The Labute approximate surface area is 88.8 Å². The average molecular weight is 242 g/mol. The summed E-state index contributed by atoms with van der Waals surface area (Å²) in [6.07, 6.45) is -5.62. The lowest BCUT2D eigenvalue weighted by Gasteiger charge is -2.15. The Bertz CT molecular complexity index is 350. The van der Waals surface area contributed by atoms with Gasteiger partial charge in [-0.15, -0.1) is 0 Å². The molecule has 0 amide bonds. The van der Waals surface area contributed by atoms with Crippen molar-refractivity contribution in [1.82, 2.24) is 0 Å². The molecular weight excluding hydrogens is 234 g/mol. The van der Waals surface area contributed by atoms with E-state index in [1.54, 1.807) is 0 Å². The summed E-state index contributed by atoms with van der Waals surface area (Å²) in [7, 11) is 0. The normalized spacial score (nSPS) is 14.0. The third-order valence-electron chi connectivity index (χ3n) is 1.81. The molecule has 0 spiro atoms. The number of rotatable bonds is 2. The molecule has 0 aliphatic heterocycles. The highest BCUT2D eigenvalue weighted by atomic mass is 35.5. The number of hydrogen-bond donors (Lipinski definition) is 1. The Morgan fingerprint density at radius 2 is 1.93 bits per heavy atom. The Balaban J connectivity index is 2.90. The number of alkyl halides is 3. The number of nitrogens with two attached hydrogens (primary N) is 1. The van der Waals surface area contributed by atoms with Crippen molar-refractivity contribution in [2.24, 2.45) is 5.73 Å². The van der Waals surface area contributed by atoms with Crippen LogP contribution in [0, 0.1) is 5.82 Å². The summed E-state index contributed by atoms with van der Waals surface area (Å²) in [5.74, 6) is -0.660. The summed E-state index contributed by atoms with van der Waals surface area (Å²) in [6, 6.07) is 1.82. The van der Waals surface area contributed by atoms with Crippen molar-refractivity contribution in [1.29, 1.82) is 0 Å². The maximum atomic E-state index is 12.7. The largest absolute Gasteiger partial charge is 0.390 e. The molecule has 0 aromatic heterocycles. The molecule has 0 saturated heterocycles. The van der Waals surface area contributed by atoms with Crippen molar-refractivity contribution in [3.63, 3.8) is 0 Å². The van der Waals surface area contributed by atoms with E-state index in [9.17, 15) is 17.6 Å². The molecule has 0 aliphatic rings. The topological polar surface area (TPSA) is 26.0 Å². The van der Waals surface area contributed by atoms with Gasteiger partial charge in [0.05, 0.1) is 6.42 Å². The number of halogens is 5. The van der Waals surface area contributed by atoms with Gasteiger partial charge in [0, 0.05) is 11.1 Å². The van der Waals surface area contributed by atoms with Crippen molar-refractivity contribution in [3.05, 3.63) is 34.6 Å². The van der Waals surface area contributed by atoms with Gasteiger partial charge in [0.1, 0.15) is 5.82 Å². The van der Waals surface area contributed by atoms with E-state index >= 15 is 0 Å². The lowest BCUT2D eigenvalue weighted by molar-refractivity contribution is -0.138. The van der Waals surface area contributed by atoms with Crippen LogP contribution in [0.2, 0.25) is 5.02 Å². The predicted octanol–water partition coefficient (Wildman–Crippen LogP) is 3.43. The van der Waals surface area contributed by atoms with Crippen molar-refractivity contribution in [3.8, 4) is 0 Å². The minimum Gasteiger partial charge on any atom is -0.324 e. The molecule has 84 valence electrons. The van der Waals surface area contributed by atoms with Gasteiger partial charge in [-0.25, -0.2) is 4.39 Å². The van der Waals surface area contributed by atoms with E-state index in [1.807, 2.05) is 0 Å². The first-order chi connectivity index (χ1) is 6.79. The quantitative estimate of drug-likeness (QED) is 0.789.